The Morgan fingerprint density at radius 3 is 2.24 bits per heavy atom. The number of sulfonamides is 1. The van der Waals surface area contributed by atoms with E-state index in [1.165, 1.54) is 41.3 Å². The third-order valence-corrected chi connectivity index (χ3v) is 8.27. The topological polar surface area (TPSA) is 96.0 Å². The average molecular weight is 584 g/mol. The van der Waals surface area contributed by atoms with Gasteiger partial charge in [-0.15, -0.1) is 0 Å². The van der Waals surface area contributed by atoms with Crippen LogP contribution >= 0.6 is 0 Å². The molecule has 0 aliphatic carbocycles. The van der Waals surface area contributed by atoms with Gasteiger partial charge in [0.1, 0.15) is 24.2 Å². The number of carbonyl (C=O) groups is 2. The van der Waals surface area contributed by atoms with Crippen molar-refractivity contribution in [2.45, 2.75) is 58.0 Å². The van der Waals surface area contributed by atoms with Crippen LogP contribution < -0.4 is 14.4 Å². The second kappa shape index (κ2) is 14.6. The zero-order valence-corrected chi connectivity index (χ0v) is 24.8. The Morgan fingerprint density at radius 2 is 1.66 bits per heavy atom. The quantitative estimate of drug-likeness (QED) is 0.286. The van der Waals surface area contributed by atoms with Crippen molar-refractivity contribution < 1.29 is 27.1 Å². The van der Waals surface area contributed by atoms with Crippen molar-refractivity contribution in [3.05, 3.63) is 89.7 Å². The van der Waals surface area contributed by atoms with E-state index in [1.807, 2.05) is 45.0 Å². The Labute approximate surface area is 242 Å². The number of ether oxygens (including phenoxy) is 1. The van der Waals surface area contributed by atoms with Crippen molar-refractivity contribution in [2.75, 3.05) is 24.0 Å². The molecule has 3 aromatic rings. The largest absolute Gasteiger partial charge is 0.494 e. The van der Waals surface area contributed by atoms with Crippen molar-refractivity contribution in [3.8, 4) is 5.75 Å². The average Bonchev–Trinajstić information content (AvgIpc) is 2.95. The Hall–Kier alpha value is -3.92. The predicted octanol–water partition coefficient (Wildman–Crippen LogP) is 5.06. The van der Waals surface area contributed by atoms with Crippen LogP contribution in [0.15, 0.2) is 77.7 Å². The van der Waals surface area contributed by atoms with Crippen molar-refractivity contribution >= 4 is 27.5 Å². The summed E-state index contributed by atoms with van der Waals surface area (Å²) in [7, 11) is -4.27. The molecule has 0 aliphatic heterocycles. The van der Waals surface area contributed by atoms with Gasteiger partial charge < -0.3 is 15.0 Å². The number of hydrogen-bond acceptors (Lipinski definition) is 5. The molecule has 0 fully saturated rings. The first-order valence-corrected chi connectivity index (χ1v) is 15.2. The molecule has 0 unspecified atom stereocenters. The summed E-state index contributed by atoms with van der Waals surface area (Å²) >= 11 is 0. The minimum absolute atomic E-state index is 0.0592. The van der Waals surface area contributed by atoms with E-state index in [9.17, 15) is 22.4 Å². The standard InChI is InChI=1S/C31H38FN3O5S/c1-5-19-33-31(37)29(6-2)34(21-24-10-8-9-23(4)20-24)30(36)22-35(26-13-11-25(32)12-14-26)41(38,39)28-17-15-27(16-18-28)40-7-3/h8-18,20,29H,5-7,19,21-22H2,1-4H3,(H,33,37)/t29-/m0/s1. The number of rotatable bonds is 14. The summed E-state index contributed by atoms with van der Waals surface area (Å²) in [5.41, 5.74) is 1.92. The van der Waals surface area contributed by atoms with E-state index in [-0.39, 0.29) is 23.0 Å². The van der Waals surface area contributed by atoms with Gasteiger partial charge in [0.2, 0.25) is 11.8 Å². The third kappa shape index (κ3) is 8.29. The molecule has 8 nitrogen and oxygen atoms in total. The summed E-state index contributed by atoms with van der Waals surface area (Å²) in [4.78, 5) is 28.5. The second-order valence-electron chi connectivity index (χ2n) is 9.62. The third-order valence-electron chi connectivity index (χ3n) is 6.49. The van der Waals surface area contributed by atoms with Gasteiger partial charge in [0.05, 0.1) is 17.2 Å². The summed E-state index contributed by atoms with van der Waals surface area (Å²) in [5, 5.41) is 2.86. The molecule has 0 aliphatic rings. The highest BCUT2D eigenvalue weighted by Crippen LogP contribution is 2.26. The van der Waals surface area contributed by atoms with Crippen LogP contribution in [-0.4, -0.2) is 50.9 Å². The van der Waals surface area contributed by atoms with Crippen LogP contribution in [0.3, 0.4) is 0 Å². The molecule has 2 amide bonds. The fraction of sp³-hybridized carbons (Fsp3) is 0.355. The molecule has 10 heteroatoms. The zero-order valence-electron chi connectivity index (χ0n) is 24.0. The summed E-state index contributed by atoms with van der Waals surface area (Å²) in [5.74, 6) is -0.913. The number of carbonyl (C=O) groups excluding carboxylic acids is 2. The SMILES string of the molecule is CCCNC(=O)[C@H](CC)N(Cc1cccc(C)c1)C(=O)CN(c1ccc(F)cc1)S(=O)(=O)c1ccc(OCC)cc1. The normalized spacial score (nSPS) is 11.9. The smallest absolute Gasteiger partial charge is 0.264 e. The predicted molar refractivity (Wildman–Crippen MR) is 158 cm³/mol. The summed E-state index contributed by atoms with van der Waals surface area (Å²) in [6, 6.07) is 17.5. The van der Waals surface area contributed by atoms with E-state index in [1.54, 1.807) is 6.92 Å². The first kappa shape index (κ1) is 31.6. The molecular weight excluding hydrogens is 545 g/mol. The van der Waals surface area contributed by atoms with Gasteiger partial charge in [-0.3, -0.25) is 13.9 Å². The number of halogens is 1. The molecule has 0 saturated carbocycles. The van der Waals surface area contributed by atoms with Crippen LogP contribution in [0.4, 0.5) is 10.1 Å². The van der Waals surface area contributed by atoms with Gasteiger partial charge in [-0.05, 0) is 80.8 Å². The van der Waals surface area contributed by atoms with Gasteiger partial charge in [-0.1, -0.05) is 43.7 Å². The molecule has 3 rings (SSSR count). The van der Waals surface area contributed by atoms with Crippen molar-refractivity contribution in [1.29, 1.82) is 0 Å². The van der Waals surface area contributed by atoms with Gasteiger partial charge in [-0.2, -0.15) is 0 Å². The number of hydrogen-bond donors (Lipinski definition) is 1. The van der Waals surface area contributed by atoms with E-state index in [0.29, 0.717) is 25.3 Å². The Kier molecular flexibility index (Phi) is 11.3. The fourth-order valence-corrected chi connectivity index (χ4v) is 5.84. The van der Waals surface area contributed by atoms with Crippen LogP contribution in [0.2, 0.25) is 0 Å². The van der Waals surface area contributed by atoms with Gasteiger partial charge in [-0.25, -0.2) is 12.8 Å². The summed E-state index contributed by atoms with van der Waals surface area (Å²) in [6.07, 6.45) is 1.06. The number of benzene rings is 3. The molecule has 1 N–H and O–H groups in total. The lowest BCUT2D eigenvalue weighted by Gasteiger charge is -2.33. The molecule has 0 radical (unpaired) electrons. The number of nitrogens with one attached hydrogen (secondary N) is 1. The Balaban J connectivity index is 2.04. The molecule has 0 saturated heterocycles. The van der Waals surface area contributed by atoms with Gasteiger partial charge in [0.15, 0.2) is 0 Å². The molecule has 0 spiro atoms. The maximum atomic E-state index is 14.0. The van der Waals surface area contributed by atoms with E-state index in [4.69, 9.17) is 4.74 Å². The second-order valence-corrected chi connectivity index (χ2v) is 11.5. The zero-order chi connectivity index (χ0) is 30.0. The monoisotopic (exact) mass is 583 g/mol. The summed E-state index contributed by atoms with van der Waals surface area (Å²) < 4.78 is 48.0. The molecule has 0 aromatic heterocycles. The first-order valence-electron chi connectivity index (χ1n) is 13.7. The van der Waals surface area contributed by atoms with Crippen molar-refractivity contribution in [1.82, 2.24) is 10.2 Å². The fourth-order valence-electron chi connectivity index (χ4n) is 4.43. The molecule has 0 bridgehead atoms. The van der Waals surface area contributed by atoms with Crippen LogP contribution in [0.5, 0.6) is 5.75 Å². The molecule has 220 valence electrons. The van der Waals surface area contributed by atoms with Crippen molar-refractivity contribution in [3.63, 3.8) is 0 Å². The highest BCUT2D eigenvalue weighted by atomic mass is 32.2. The van der Waals surface area contributed by atoms with Crippen LogP contribution in [-0.2, 0) is 26.2 Å². The summed E-state index contributed by atoms with van der Waals surface area (Å²) in [6.45, 7) is 7.88. The molecular formula is C31H38FN3O5S. The lowest BCUT2D eigenvalue weighted by molar-refractivity contribution is -0.140. The maximum absolute atomic E-state index is 14.0. The number of anilines is 1. The molecule has 1 atom stereocenters. The molecule has 41 heavy (non-hydrogen) atoms. The van der Waals surface area contributed by atoms with E-state index >= 15 is 0 Å². The Bertz CT molecular complexity index is 1410. The molecule has 3 aromatic carbocycles. The maximum Gasteiger partial charge on any atom is 0.264 e. The van der Waals surface area contributed by atoms with Gasteiger partial charge in [0, 0.05) is 13.1 Å². The molecule has 0 heterocycles. The number of aryl methyl sites for hydroxylation is 1. The van der Waals surface area contributed by atoms with Crippen LogP contribution in [0.25, 0.3) is 0 Å². The van der Waals surface area contributed by atoms with Crippen LogP contribution in [0.1, 0.15) is 44.7 Å². The van der Waals surface area contributed by atoms with Gasteiger partial charge >= 0.3 is 0 Å². The lowest BCUT2D eigenvalue weighted by atomic mass is 10.1. The van der Waals surface area contributed by atoms with Crippen molar-refractivity contribution in [2.24, 2.45) is 0 Å². The highest BCUT2D eigenvalue weighted by molar-refractivity contribution is 7.92. The Morgan fingerprint density at radius 1 is 0.976 bits per heavy atom. The van der Waals surface area contributed by atoms with E-state index in [2.05, 4.69) is 5.32 Å². The number of amides is 2. The minimum Gasteiger partial charge on any atom is -0.494 e. The van der Waals surface area contributed by atoms with E-state index in [0.717, 1.165) is 34.0 Å². The van der Waals surface area contributed by atoms with E-state index < -0.39 is 34.3 Å². The van der Waals surface area contributed by atoms with Crippen LogP contribution in [0, 0.1) is 12.7 Å². The first-order chi connectivity index (χ1) is 19.6. The minimum atomic E-state index is -4.27. The van der Waals surface area contributed by atoms with Gasteiger partial charge in [0.25, 0.3) is 10.0 Å². The lowest BCUT2D eigenvalue weighted by Crippen LogP contribution is -2.52. The highest BCUT2D eigenvalue weighted by Gasteiger charge is 2.33. The number of nitrogens with zero attached hydrogens (tertiary/aromatic N) is 2.